The van der Waals surface area contributed by atoms with Crippen LogP contribution in [0.2, 0.25) is 0 Å². The number of carbonyl (C=O) groups excluding carboxylic acids is 2. The van der Waals surface area contributed by atoms with E-state index in [-0.39, 0.29) is 18.4 Å². The molecule has 0 amide bonds. The minimum absolute atomic E-state index is 0.236. The van der Waals surface area contributed by atoms with Gasteiger partial charge in [-0.1, -0.05) is 6.58 Å². The molecule has 0 aromatic carbocycles. The van der Waals surface area contributed by atoms with E-state index in [0.717, 1.165) is 16.4 Å². The molecule has 0 heterocycles. The Balaban J connectivity index is 4.30. The number of hydrogen-bond acceptors (Lipinski definition) is 12. The summed E-state index contributed by atoms with van der Waals surface area (Å²) in [4.78, 5) is 23.7. The van der Waals surface area contributed by atoms with E-state index in [4.69, 9.17) is 4.74 Å². The van der Waals surface area contributed by atoms with E-state index < -0.39 is 214 Å². The van der Waals surface area contributed by atoms with E-state index >= 15 is 26.3 Å². The molecular weight excluding hydrogens is 1660 g/mol. The fraction of sp³-hybridized carbons (Fsp3) is 0.900. The number of hydrogen-bond donors (Lipinski definition) is 0. The highest BCUT2D eigenvalue weighted by Crippen LogP contribution is 2.66. The van der Waals surface area contributed by atoms with Crippen LogP contribution >= 0.6 is 0 Å². The van der Waals surface area contributed by atoms with Crippen LogP contribution in [0.25, 0.3) is 0 Å². The topological polar surface area (TPSA) is 126 Å². The van der Waals surface area contributed by atoms with Gasteiger partial charge in [0.15, 0.2) is 0 Å². The normalized spacial score (nSPS) is 22.6. The van der Waals surface area contributed by atoms with Crippen LogP contribution in [-0.2, 0) is 57.0 Å². The second kappa shape index (κ2) is 27.7. The second-order valence-corrected chi connectivity index (χ2v) is 20.1. The van der Waals surface area contributed by atoms with Gasteiger partial charge in [-0.05, 0) is 51.4 Å². The average Bonchev–Trinajstić information content (AvgIpc) is 0.690. The maximum atomic E-state index is 15.3. The summed E-state index contributed by atoms with van der Waals surface area (Å²) in [7, 11) is 0. The highest BCUT2D eigenvalue weighted by Gasteiger charge is 2.94. The molecule has 0 N–H and O–H groups in total. The van der Waals surface area contributed by atoms with Crippen LogP contribution in [0.15, 0.2) is 12.2 Å². The van der Waals surface area contributed by atoms with Gasteiger partial charge in [-0.15, -0.1) is 0 Å². The summed E-state index contributed by atoms with van der Waals surface area (Å²) in [6.45, 7) is -0.154. The molecular formula is C40H22F52O12. The van der Waals surface area contributed by atoms with E-state index in [1.165, 1.54) is 0 Å². The molecule has 1 aliphatic rings. The summed E-state index contributed by atoms with van der Waals surface area (Å²) in [5.74, 6) is -85.1. The highest BCUT2D eigenvalue weighted by atomic mass is 19.5. The third kappa shape index (κ3) is 17.4. The highest BCUT2D eigenvalue weighted by molar-refractivity contribution is 5.86. The van der Waals surface area contributed by atoms with Crippen molar-refractivity contribution in [1.29, 1.82) is 0 Å². The molecule has 0 aromatic rings. The monoisotopic (exact) mass is 1680 g/mol. The number of halogens is 52. The molecule has 0 radical (unpaired) electrons. The average molecular weight is 1680 g/mol. The number of esters is 2. The van der Waals surface area contributed by atoms with E-state index in [2.05, 4.69) is 11.3 Å². The van der Waals surface area contributed by atoms with Crippen LogP contribution in [0, 0.1) is 11.8 Å². The lowest BCUT2D eigenvalue weighted by molar-refractivity contribution is -0.610. The molecule has 1 saturated carbocycles. The Morgan fingerprint density at radius 1 is 0.269 bits per heavy atom. The minimum Gasteiger partial charge on any atom is -0.462 e. The molecule has 64 heteroatoms. The molecule has 0 aliphatic heterocycles. The molecule has 1 rings (SSSR count). The molecule has 1 fully saturated rings. The van der Waals surface area contributed by atoms with Gasteiger partial charge >= 0.3 is 163 Å². The van der Waals surface area contributed by atoms with Crippen LogP contribution in [0.1, 0.15) is 39.5 Å². The van der Waals surface area contributed by atoms with E-state index in [1.54, 1.807) is 4.74 Å². The molecule has 0 saturated heterocycles. The molecule has 12 nitrogen and oxygen atoms in total. The Hall–Kier alpha value is -5.28. The van der Waals surface area contributed by atoms with Crippen molar-refractivity contribution in [3.63, 3.8) is 0 Å². The summed E-state index contributed by atoms with van der Waals surface area (Å²) in [5.41, 5.74) is -7.55. The SMILES string of the molecule is C=C(C)C(=O)OCC1CCC(COC(=O)C(F)(OC(F)(F)C(F)(OC(F)(F)C(F)(OC(F)(F)C(F)(OC(F)(F)C(F)(OC(F)(F)C(F)(OC(F)(F)C(F)(OC(F)(F)C(F)(OC(F)(F)C(C)(F)C(F)(F)F)C(F)(F)F)C(F)(F)F)C(F)(F)F)C(F)(F)F)C(F)(F)F)C(F)(F)F)C(F)(F)F)C(F)(F)F)CC1. The summed E-state index contributed by atoms with van der Waals surface area (Å²) >= 11 is 0. The molecule has 0 spiro atoms. The first-order chi connectivity index (χ1) is 44.6. The largest absolute Gasteiger partial charge is 0.462 e. The summed E-state index contributed by atoms with van der Waals surface area (Å²) in [6, 6.07) is 0. The van der Waals surface area contributed by atoms with Crippen LogP contribution in [0.3, 0.4) is 0 Å². The third-order valence-corrected chi connectivity index (χ3v) is 12.2. The molecule has 0 aromatic heterocycles. The van der Waals surface area contributed by atoms with E-state index in [9.17, 15) is 212 Å². The van der Waals surface area contributed by atoms with Crippen molar-refractivity contribution in [2.24, 2.45) is 11.8 Å². The van der Waals surface area contributed by atoms with Crippen molar-refractivity contribution in [2.75, 3.05) is 13.2 Å². The fourth-order valence-electron chi connectivity index (χ4n) is 6.49. The fourth-order valence-corrected chi connectivity index (χ4v) is 6.49. The smallest absolute Gasteiger partial charge is 0.460 e. The maximum Gasteiger partial charge on any atom is 0.460 e. The summed E-state index contributed by atoms with van der Waals surface area (Å²) in [5, 5.41) is 0. The van der Waals surface area contributed by atoms with Crippen molar-refractivity contribution >= 4 is 11.9 Å². The number of carbonyl (C=O) groups is 2. The second-order valence-electron chi connectivity index (χ2n) is 20.1. The van der Waals surface area contributed by atoms with Crippen LogP contribution in [-0.4, -0.2) is 182 Å². The van der Waals surface area contributed by atoms with Gasteiger partial charge in [-0.3, -0.25) is 37.9 Å². The van der Waals surface area contributed by atoms with Gasteiger partial charge in [-0.25, -0.2) is 14.0 Å². The molecule has 1 aliphatic carbocycles. The van der Waals surface area contributed by atoms with Gasteiger partial charge in [0.25, 0.3) is 5.67 Å². The Morgan fingerprint density at radius 3 is 0.606 bits per heavy atom. The third-order valence-electron chi connectivity index (χ3n) is 12.2. The van der Waals surface area contributed by atoms with Gasteiger partial charge in [0.1, 0.15) is 0 Å². The maximum absolute atomic E-state index is 15.3. The molecule has 618 valence electrons. The van der Waals surface area contributed by atoms with Gasteiger partial charge in [0, 0.05) is 5.57 Å². The summed E-state index contributed by atoms with van der Waals surface area (Å²) in [6.07, 6.45) is -162. The van der Waals surface area contributed by atoms with Crippen LogP contribution in [0.4, 0.5) is 228 Å². The first-order valence-corrected chi connectivity index (χ1v) is 24.0. The first kappa shape index (κ1) is 96.7. The Labute approximate surface area is 531 Å². The predicted molar refractivity (Wildman–Crippen MR) is 205 cm³/mol. The molecule has 9 unspecified atom stereocenters. The van der Waals surface area contributed by atoms with E-state index in [0.29, 0.717) is 23.7 Å². The zero-order chi connectivity index (χ0) is 84.2. The zero-order valence-corrected chi connectivity index (χ0v) is 47.2. The van der Waals surface area contributed by atoms with Gasteiger partial charge in [-0.2, -0.15) is 224 Å². The zero-order valence-electron chi connectivity index (χ0n) is 47.2. The van der Waals surface area contributed by atoms with Crippen molar-refractivity contribution in [3.8, 4) is 0 Å². The Bertz CT molecular complexity index is 2990. The molecule has 104 heavy (non-hydrogen) atoms. The summed E-state index contributed by atoms with van der Waals surface area (Å²) < 4.78 is 752. The van der Waals surface area contributed by atoms with Crippen molar-refractivity contribution < 1.29 is 285 Å². The Kier molecular flexibility index (Phi) is 25.7. The van der Waals surface area contributed by atoms with Crippen molar-refractivity contribution in [1.82, 2.24) is 0 Å². The van der Waals surface area contributed by atoms with Crippen molar-refractivity contribution in [3.05, 3.63) is 12.2 Å². The standard InChI is InChI=1S/C40H22F52O12/c1-10(2)13(93)95-8-11-4-6-12(7-5-11)9-96-14(94)16(42,25(53,54)55)97-34(79,80)17(43,26(56,57)58)99-36(83,84)19(45,28(62,63)64)101-38(87,88)21(47,30(68,69)70)103-40(91,92)23(49,32(74,75)76)104-39(89,90)22(48,31(71,72)73)102-37(85,86)20(46,29(65,66)67)100-35(81,82)18(44,27(59,60)61)98-33(77,78)15(3,41)24(50,51)52/h11-12H,1,4-9H2,2-3H3. The Morgan fingerprint density at radius 2 is 0.442 bits per heavy atom. The van der Waals surface area contributed by atoms with Gasteiger partial charge < -0.3 is 9.47 Å². The van der Waals surface area contributed by atoms with Crippen molar-refractivity contribution in [2.45, 2.75) is 196 Å². The minimum atomic E-state index is -10.3. The lowest BCUT2D eigenvalue weighted by atomic mass is 9.83. The lowest BCUT2D eigenvalue weighted by Crippen LogP contribution is -2.74. The first-order valence-electron chi connectivity index (χ1n) is 24.0. The lowest BCUT2D eigenvalue weighted by Gasteiger charge is -2.45. The van der Waals surface area contributed by atoms with E-state index in [1.807, 2.05) is 0 Å². The number of rotatable bonds is 30. The van der Waals surface area contributed by atoms with Crippen LogP contribution < -0.4 is 0 Å². The van der Waals surface area contributed by atoms with Gasteiger partial charge in [0.2, 0.25) is 0 Å². The van der Waals surface area contributed by atoms with Gasteiger partial charge in [0.05, 0.1) is 13.2 Å². The quantitative estimate of drug-likeness (QED) is 0.0386. The number of ether oxygens (including phenoxy) is 10. The van der Waals surface area contributed by atoms with Crippen LogP contribution in [0.5, 0.6) is 0 Å². The molecule has 9 atom stereocenters. The predicted octanol–water partition coefficient (Wildman–Crippen LogP) is 18.4. The molecule has 0 bridgehead atoms. The number of alkyl halides is 52.